The van der Waals surface area contributed by atoms with Gasteiger partial charge in [0.2, 0.25) is 0 Å². The first-order valence-electron chi connectivity index (χ1n) is 7.32. The van der Waals surface area contributed by atoms with Crippen LogP contribution < -0.4 is 5.32 Å². The quantitative estimate of drug-likeness (QED) is 0.797. The molecule has 0 radical (unpaired) electrons. The standard InChI is InChI=1S/C17H15FN4O2/c1-10-16(11(2)24-22-10)17(23)19-8-14-7-15(21-9-20-14)12-3-5-13(18)6-4-12/h3-7,9H,8H2,1-2H3,(H,19,23). The summed E-state index contributed by atoms with van der Waals surface area (Å²) in [6, 6.07) is 7.78. The second-order valence-electron chi connectivity index (χ2n) is 5.28. The molecular formula is C17H15FN4O2. The number of rotatable bonds is 4. The van der Waals surface area contributed by atoms with Gasteiger partial charge in [-0.1, -0.05) is 5.16 Å². The summed E-state index contributed by atoms with van der Waals surface area (Å²) in [6.45, 7) is 3.63. The van der Waals surface area contributed by atoms with Gasteiger partial charge in [0.15, 0.2) is 0 Å². The summed E-state index contributed by atoms with van der Waals surface area (Å²) in [5, 5.41) is 6.54. The van der Waals surface area contributed by atoms with Crippen LogP contribution in [0.1, 0.15) is 27.5 Å². The lowest BCUT2D eigenvalue weighted by Crippen LogP contribution is -2.24. The Morgan fingerprint density at radius 3 is 2.62 bits per heavy atom. The maximum absolute atomic E-state index is 13.0. The molecular weight excluding hydrogens is 311 g/mol. The first-order chi connectivity index (χ1) is 11.5. The molecule has 2 heterocycles. The van der Waals surface area contributed by atoms with Gasteiger partial charge in [-0.3, -0.25) is 4.79 Å². The van der Waals surface area contributed by atoms with Gasteiger partial charge in [0.25, 0.3) is 5.91 Å². The predicted molar refractivity (Wildman–Crippen MR) is 84.6 cm³/mol. The molecule has 3 aromatic rings. The van der Waals surface area contributed by atoms with Gasteiger partial charge in [0.05, 0.1) is 23.6 Å². The van der Waals surface area contributed by atoms with Crippen molar-refractivity contribution in [3.8, 4) is 11.3 Å². The molecule has 0 atom stereocenters. The largest absolute Gasteiger partial charge is 0.361 e. The number of nitrogens with one attached hydrogen (secondary N) is 1. The average Bonchev–Trinajstić information content (AvgIpc) is 2.92. The van der Waals surface area contributed by atoms with E-state index in [1.54, 1.807) is 32.0 Å². The predicted octanol–water partition coefficient (Wildman–Crippen LogP) is 2.82. The summed E-state index contributed by atoms with van der Waals surface area (Å²) in [5.74, 6) is -0.104. The Labute approximate surface area is 137 Å². The molecule has 3 rings (SSSR count). The Hall–Kier alpha value is -3.09. The van der Waals surface area contributed by atoms with Crippen LogP contribution in [0.2, 0.25) is 0 Å². The van der Waals surface area contributed by atoms with E-state index in [4.69, 9.17) is 4.52 Å². The second kappa shape index (κ2) is 6.57. The molecule has 0 aliphatic heterocycles. The van der Waals surface area contributed by atoms with Crippen LogP contribution in [0.5, 0.6) is 0 Å². The number of aromatic nitrogens is 3. The zero-order valence-electron chi connectivity index (χ0n) is 13.2. The van der Waals surface area contributed by atoms with Crippen molar-refractivity contribution >= 4 is 5.91 Å². The lowest BCUT2D eigenvalue weighted by atomic mass is 10.1. The third kappa shape index (κ3) is 3.29. The van der Waals surface area contributed by atoms with E-state index in [0.29, 0.717) is 28.4 Å². The highest BCUT2D eigenvalue weighted by Gasteiger charge is 2.17. The number of aryl methyl sites for hydroxylation is 2. The SMILES string of the molecule is Cc1noc(C)c1C(=O)NCc1cc(-c2ccc(F)cc2)ncn1. The molecule has 0 aliphatic carbocycles. The molecule has 0 saturated heterocycles. The molecule has 1 amide bonds. The van der Waals surface area contributed by atoms with Crippen molar-refractivity contribution in [2.75, 3.05) is 0 Å². The highest BCUT2D eigenvalue weighted by Crippen LogP contribution is 2.17. The minimum absolute atomic E-state index is 0.236. The van der Waals surface area contributed by atoms with Crippen LogP contribution in [0.3, 0.4) is 0 Å². The van der Waals surface area contributed by atoms with Crippen molar-refractivity contribution in [1.29, 1.82) is 0 Å². The summed E-state index contributed by atoms with van der Waals surface area (Å²) < 4.78 is 18.0. The van der Waals surface area contributed by atoms with E-state index in [1.807, 2.05) is 0 Å². The van der Waals surface area contributed by atoms with Gasteiger partial charge >= 0.3 is 0 Å². The Morgan fingerprint density at radius 1 is 1.21 bits per heavy atom. The summed E-state index contributed by atoms with van der Waals surface area (Å²) in [7, 11) is 0. The number of carbonyl (C=O) groups is 1. The zero-order valence-corrected chi connectivity index (χ0v) is 13.2. The van der Waals surface area contributed by atoms with Crippen molar-refractivity contribution in [3.05, 3.63) is 65.2 Å². The maximum atomic E-state index is 13.0. The molecule has 0 aliphatic rings. The van der Waals surface area contributed by atoms with Crippen LogP contribution in [0, 0.1) is 19.7 Å². The third-order valence-electron chi connectivity index (χ3n) is 3.55. The van der Waals surface area contributed by atoms with E-state index in [9.17, 15) is 9.18 Å². The molecule has 122 valence electrons. The Kier molecular flexibility index (Phi) is 4.33. The van der Waals surface area contributed by atoms with Crippen LogP contribution in [-0.2, 0) is 6.54 Å². The molecule has 0 fully saturated rings. The molecule has 0 unspecified atom stereocenters. The van der Waals surface area contributed by atoms with E-state index in [0.717, 1.165) is 5.56 Å². The molecule has 2 aromatic heterocycles. The molecule has 7 heteroatoms. The van der Waals surface area contributed by atoms with Gasteiger partial charge in [0.1, 0.15) is 23.5 Å². The Bertz CT molecular complexity index is 855. The monoisotopic (exact) mass is 326 g/mol. The molecule has 0 saturated carbocycles. The summed E-state index contributed by atoms with van der Waals surface area (Å²) >= 11 is 0. The number of hydrogen-bond donors (Lipinski definition) is 1. The fraction of sp³-hybridized carbons (Fsp3) is 0.176. The topological polar surface area (TPSA) is 80.9 Å². The van der Waals surface area contributed by atoms with Crippen molar-refractivity contribution in [1.82, 2.24) is 20.4 Å². The second-order valence-corrected chi connectivity index (χ2v) is 5.28. The minimum atomic E-state index is -0.306. The van der Waals surface area contributed by atoms with Gasteiger partial charge in [0, 0.05) is 5.56 Å². The molecule has 24 heavy (non-hydrogen) atoms. The van der Waals surface area contributed by atoms with E-state index < -0.39 is 0 Å². The lowest BCUT2D eigenvalue weighted by Gasteiger charge is -2.06. The highest BCUT2D eigenvalue weighted by atomic mass is 19.1. The highest BCUT2D eigenvalue weighted by molar-refractivity contribution is 5.95. The van der Waals surface area contributed by atoms with Crippen LogP contribution in [0.15, 0.2) is 41.2 Å². The normalized spacial score (nSPS) is 10.6. The Morgan fingerprint density at radius 2 is 1.96 bits per heavy atom. The summed E-state index contributed by atoms with van der Waals surface area (Å²) in [4.78, 5) is 20.5. The number of nitrogens with zero attached hydrogens (tertiary/aromatic N) is 3. The number of hydrogen-bond acceptors (Lipinski definition) is 5. The fourth-order valence-electron chi connectivity index (χ4n) is 2.34. The molecule has 0 spiro atoms. The maximum Gasteiger partial charge on any atom is 0.257 e. The van der Waals surface area contributed by atoms with Crippen LogP contribution >= 0.6 is 0 Å². The first-order valence-corrected chi connectivity index (χ1v) is 7.32. The third-order valence-corrected chi connectivity index (χ3v) is 3.55. The van der Waals surface area contributed by atoms with Gasteiger partial charge in [-0.2, -0.15) is 0 Å². The van der Waals surface area contributed by atoms with E-state index >= 15 is 0 Å². The van der Waals surface area contributed by atoms with Gasteiger partial charge in [-0.15, -0.1) is 0 Å². The number of benzene rings is 1. The van der Waals surface area contributed by atoms with Crippen molar-refractivity contribution in [2.45, 2.75) is 20.4 Å². The number of halogens is 1. The average molecular weight is 326 g/mol. The van der Waals surface area contributed by atoms with Crippen molar-refractivity contribution < 1.29 is 13.7 Å². The molecule has 0 bridgehead atoms. The van der Waals surface area contributed by atoms with Crippen molar-refractivity contribution in [3.63, 3.8) is 0 Å². The first kappa shape index (κ1) is 15.8. The van der Waals surface area contributed by atoms with Crippen LogP contribution in [0.4, 0.5) is 4.39 Å². The molecule has 1 N–H and O–H groups in total. The van der Waals surface area contributed by atoms with Crippen molar-refractivity contribution in [2.24, 2.45) is 0 Å². The van der Waals surface area contributed by atoms with Gasteiger partial charge in [-0.25, -0.2) is 14.4 Å². The summed E-state index contributed by atoms with van der Waals surface area (Å²) in [6.07, 6.45) is 1.41. The fourth-order valence-corrected chi connectivity index (χ4v) is 2.34. The van der Waals surface area contributed by atoms with Gasteiger partial charge in [-0.05, 0) is 44.2 Å². The molecule has 1 aromatic carbocycles. The van der Waals surface area contributed by atoms with Crippen LogP contribution in [-0.4, -0.2) is 21.0 Å². The smallest absolute Gasteiger partial charge is 0.257 e. The van der Waals surface area contributed by atoms with E-state index in [-0.39, 0.29) is 18.3 Å². The van der Waals surface area contributed by atoms with Gasteiger partial charge < -0.3 is 9.84 Å². The minimum Gasteiger partial charge on any atom is -0.361 e. The lowest BCUT2D eigenvalue weighted by molar-refractivity contribution is 0.0948. The van der Waals surface area contributed by atoms with E-state index in [2.05, 4.69) is 20.4 Å². The number of carbonyl (C=O) groups excluding carboxylic acids is 1. The van der Waals surface area contributed by atoms with Crippen LogP contribution in [0.25, 0.3) is 11.3 Å². The zero-order chi connectivity index (χ0) is 17.1. The number of amides is 1. The molecule has 6 nitrogen and oxygen atoms in total. The summed E-state index contributed by atoms with van der Waals surface area (Å²) in [5.41, 5.74) is 3.05. The van der Waals surface area contributed by atoms with E-state index in [1.165, 1.54) is 18.5 Å². The Balaban J connectivity index is 1.73.